The first-order chi connectivity index (χ1) is 10.6. The summed E-state index contributed by atoms with van der Waals surface area (Å²) in [5.74, 6) is 0.815. The zero-order valence-electron chi connectivity index (χ0n) is 13.3. The average Bonchev–Trinajstić information content (AvgIpc) is 2.95. The van der Waals surface area contributed by atoms with E-state index in [1.807, 2.05) is 43.5 Å². The molecule has 1 heterocycles. The van der Waals surface area contributed by atoms with Crippen LogP contribution in [-0.2, 0) is 17.6 Å². The fraction of sp³-hybridized carbons (Fsp3) is 0.412. The van der Waals surface area contributed by atoms with E-state index in [-0.39, 0.29) is 11.9 Å². The maximum atomic E-state index is 12.1. The van der Waals surface area contributed by atoms with E-state index < -0.39 is 0 Å². The zero-order chi connectivity index (χ0) is 15.9. The van der Waals surface area contributed by atoms with Gasteiger partial charge in [-0.15, -0.1) is 11.3 Å². The smallest absolute Gasteiger partial charge is 0.226 e. The molecular weight excluding hydrogens is 296 g/mol. The predicted molar refractivity (Wildman–Crippen MR) is 89.4 cm³/mol. The highest BCUT2D eigenvalue weighted by atomic mass is 32.1. The highest BCUT2D eigenvalue weighted by Gasteiger charge is 2.12. The zero-order valence-corrected chi connectivity index (χ0v) is 14.1. The van der Waals surface area contributed by atoms with Crippen LogP contribution in [0, 0.1) is 0 Å². The van der Waals surface area contributed by atoms with Gasteiger partial charge in [0.05, 0.1) is 29.8 Å². The molecule has 0 aliphatic heterocycles. The summed E-state index contributed by atoms with van der Waals surface area (Å²) in [6.45, 7) is 6.63. The lowest BCUT2D eigenvalue weighted by molar-refractivity contribution is -0.121. The molecule has 0 saturated heterocycles. The van der Waals surface area contributed by atoms with E-state index in [1.165, 1.54) is 0 Å². The van der Waals surface area contributed by atoms with Gasteiger partial charge >= 0.3 is 0 Å². The number of hydrogen-bond acceptors (Lipinski definition) is 4. The number of aryl methyl sites for hydroxylation is 1. The number of hydrogen-bond donors (Lipinski definition) is 1. The largest absolute Gasteiger partial charge is 0.494 e. The summed E-state index contributed by atoms with van der Waals surface area (Å²) in [7, 11) is 0. The van der Waals surface area contributed by atoms with Crippen LogP contribution < -0.4 is 10.1 Å². The Morgan fingerprint density at radius 2 is 2.23 bits per heavy atom. The molecule has 2 aromatic rings. The van der Waals surface area contributed by atoms with Gasteiger partial charge in [-0.1, -0.05) is 19.1 Å². The molecule has 1 atom stereocenters. The van der Waals surface area contributed by atoms with Crippen LogP contribution in [0.5, 0.6) is 5.75 Å². The maximum absolute atomic E-state index is 12.1. The molecule has 2 rings (SSSR count). The summed E-state index contributed by atoms with van der Waals surface area (Å²) in [6, 6.07) is 7.76. The molecule has 1 aromatic carbocycles. The van der Waals surface area contributed by atoms with Gasteiger partial charge in [0.2, 0.25) is 5.91 Å². The molecule has 0 radical (unpaired) electrons. The van der Waals surface area contributed by atoms with Crippen LogP contribution in [0.4, 0.5) is 0 Å². The van der Waals surface area contributed by atoms with Crippen LogP contribution in [0.2, 0.25) is 0 Å². The number of carbonyl (C=O) groups excluding carboxylic acids is 1. The number of nitrogens with zero attached hydrogens (tertiary/aromatic N) is 1. The van der Waals surface area contributed by atoms with Gasteiger partial charge in [-0.2, -0.15) is 0 Å². The standard InChI is InChI=1S/C17H22N2O2S/c1-4-17-19-14(11-22-17)10-16(20)18-12(3)13-7-6-8-15(9-13)21-5-2/h6-9,11-12H,4-5,10H2,1-3H3,(H,18,20). The Balaban J connectivity index is 1.94. The molecule has 1 N–H and O–H groups in total. The normalized spacial score (nSPS) is 12.0. The fourth-order valence-electron chi connectivity index (χ4n) is 2.17. The molecule has 1 amide bonds. The fourth-order valence-corrected chi connectivity index (χ4v) is 2.92. The monoisotopic (exact) mass is 318 g/mol. The molecular formula is C17H22N2O2S. The Morgan fingerprint density at radius 3 is 2.91 bits per heavy atom. The molecule has 22 heavy (non-hydrogen) atoms. The topological polar surface area (TPSA) is 51.2 Å². The van der Waals surface area contributed by atoms with Crippen molar-refractivity contribution in [1.82, 2.24) is 10.3 Å². The molecule has 0 bridgehead atoms. The summed E-state index contributed by atoms with van der Waals surface area (Å²) in [6.07, 6.45) is 1.24. The van der Waals surface area contributed by atoms with Crippen molar-refractivity contribution in [2.75, 3.05) is 6.61 Å². The molecule has 118 valence electrons. The van der Waals surface area contributed by atoms with Gasteiger partial charge in [0.15, 0.2) is 0 Å². The van der Waals surface area contributed by atoms with E-state index in [9.17, 15) is 4.79 Å². The molecule has 4 nitrogen and oxygen atoms in total. The number of benzene rings is 1. The van der Waals surface area contributed by atoms with Gasteiger partial charge in [0.1, 0.15) is 5.75 Å². The summed E-state index contributed by atoms with van der Waals surface area (Å²) in [5.41, 5.74) is 1.88. The van der Waals surface area contributed by atoms with Crippen LogP contribution in [-0.4, -0.2) is 17.5 Å². The van der Waals surface area contributed by atoms with E-state index in [4.69, 9.17) is 4.74 Å². The first-order valence-electron chi connectivity index (χ1n) is 7.57. The SMILES string of the molecule is CCOc1cccc(C(C)NC(=O)Cc2csc(CC)n2)c1. The minimum Gasteiger partial charge on any atom is -0.494 e. The second-order valence-corrected chi connectivity index (χ2v) is 6.00. The third-order valence-corrected chi connectivity index (χ3v) is 4.33. The molecule has 0 aliphatic rings. The van der Waals surface area contributed by atoms with E-state index >= 15 is 0 Å². The summed E-state index contributed by atoms with van der Waals surface area (Å²) < 4.78 is 5.49. The second kappa shape index (κ2) is 7.94. The number of amides is 1. The van der Waals surface area contributed by atoms with Crippen molar-refractivity contribution < 1.29 is 9.53 Å². The first kappa shape index (κ1) is 16.5. The Hall–Kier alpha value is -1.88. The lowest BCUT2D eigenvalue weighted by atomic mass is 10.1. The average molecular weight is 318 g/mol. The van der Waals surface area contributed by atoms with Crippen molar-refractivity contribution in [1.29, 1.82) is 0 Å². The van der Waals surface area contributed by atoms with Crippen molar-refractivity contribution in [3.63, 3.8) is 0 Å². The lowest BCUT2D eigenvalue weighted by Gasteiger charge is -2.15. The highest BCUT2D eigenvalue weighted by Crippen LogP contribution is 2.19. The van der Waals surface area contributed by atoms with Crippen molar-refractivity contribution in [2.45, 2.75) is 39.7 Å². The Morgan fingerprint density at radius 1 is 1.41 bits per heavy atom. The summed E-state index contributed by atoms with van der Waals surface area (Å²) >= 11 is 1.61. The van der Waals surface area contributed by atoms with Gasteiger partial charge in [-0.3, -0.25) is 4.79 Å². The number of aromatic nitrogens is 1. The van der Waals surface area contributed by atoms with Crippen LogP contribution >= 0.6 is 11.3 Å². The first-order valence-corrected chi connectivity index (χ1v) is 8.45. The molecule has 0 aliphatic carbocycles. The van der Waals surface area contributed by atoms with E-state index in [0.717, 1.165) is 28.4 Å². The van der Waals surface area contributed by atoms with Gasteiger partial charge in [0.25, 0.3) is 0 Å². The van der Waals surface area contributed by atoms with Gasteiger partial charge in [-0.05, 0) is 38.0 Å². The second-order valence-electron chi connectivity index (χ2n) is 5.06. The van der Waals surface area contributed by atoms with Crippen LogP contribution in [0.3, 0.4) is 0 Å². The summed E-state index contributed by atoms with van der Waals surface area (Å²) in [4.78, 5) is 16.6. The molecule has 0 fully saturated rings. The highest BCUT2D eigenvalue weighted by molar-refractivity contribution is 7.09. The minimum absolute atomic E-state index is 0.0118. The van der Waals surface area contributed by atoms with Gasteiger partial charge < -0.3 is 10.1 Å². The van der Waals surface area contributed by atoms with Gasteiger partial charge in [-0.25, -0.2) is 4.98 Å². The van der Waals surface area contributed by atoms with Gasteiger partial charge in [0, 0.05) is 5.38 Å². The number of ether oxygens (including phenoxy) is 1. The molecule has 1 unspecified atom stereocenters. The predicted octanol–water partition coefficient (Wildman–Crippen LogP) is 3.52. The number of nitrogens with one attached hydrogen (secondary N) is 1. The molecule has 0 saturated carbocycles. The third-order valence-electron chi connectivity index (χ3n) is 3.29. The maximum Gasteiger partial charge on any atom is 0.226 e. The molecule has 0 spiro atoms. The van der Waals surface area contributed by atoms with E-state index in [2.05, 4.69) is 17.2 Å². The van der Waals surface area contributed by atoms with Crippen LogP contribution in [0.25, 0.3) is 0 Å². The minimum atomic E-state index is -0.0582. The van der Waals surface area contributed by atoms with Crippen molar-refractivity contribution in [3.8, 4) is 5.75 Å². The third kappa shape index (κ3) is 4.56. The number of carbonyl (C=O) groups is 1. The number of thiazole rings is 1. The van der Waals surface area contributed by atoms with Crippen molar-refractivity contribution in [3.05, 3.63) is 45.9 Å². The quantitative estimate of drug-likeness (QED) is 0.850. The Kier molecular flexibility index (Phi) is 5.95. The Bertz CT molecular complexity index is 625. The van der Waals surface area contributed by atoms with Crippen LogP contribution in [0.1, 0.15) is 43.1 Å². The molecule has 5 heteroatoms. The number of rotatable bonds is 7. The van der Waals surface area contributed by atoms with E-state index in [0.29, 0.717) is 13.0 Å². The van der Waals surface area contributed by atoms with E-state index in [1.54, 1.807) is 11.3 Å². The summed E-state index contributed by atoms with van der Waals surface area (Å²) in [5, 5.41) is 6.04. The molecule has 1 aromatic heterocycles. The Labute approximate surface area is 135 Å². The van der Waals surface area contributed by atoms with Crippen LogP contribution in [0.15, 0.2) is 29.6 Å². The lowest BCUT2D eigenvalue weighted by Crippen LogP contribution is -2.28. The van der Waals surface area contributed by atoms with Crippen molar-refractivity contribution >= 4 is 17.2 Å². The van der Waals surface area contributed by atoms with Crippen molar-refractivity contribution in [2.24, 2.45) is 0 Å².